The maximum Gasteiger partial charge on any atom is 0.0503 e. The van der Waals surface area contributed by atoms with E-state index in [0.717, 1.165) is 5.92 Å². The third-order valence-corrected chi connectivity index (χ3v) is 4.91. The summed E-state index contributed by atoms with van der Waals surface area (Å²) in [6, 6.07) is 4.33. The van der Waals surface area contributed by atoms with Crippen LogP contribution >= 0.6 is 11.3 Å². The molecule has 2 rings (SSSR count). The van der Waals surface area contributed by atoms with E-state index in [-0.39, 0.29) is 5.54 Å². The van der Waals surface area contributed by atoms with Crippen molar-refractivity contribution in [3.05, 3.63) is 22.4 Å². The molecule has 1 fully saturated rings. The molecule has 1 aromatic rings. The van der Waals surface area contributed by atoms with E-state index in [1.165, 1.54) is 43.4 Å². The fourth-order valence-electron chi connectivity index (χ4n) is 2.65. The molecule has 1 heterocycles. The first-order valence-corrected chi connectivity index (χ1v) is 6.95. The predicted octanol–water partition coefficient (Wildman–Crippen LogP) is 3.89. The third kappa shape index (κ3) is 2.43. The molecule has 0 amide bonds. The van der Waals surface area contributed by atoms with Crippen LogP contribution in [-0.4, -0.2) is 0 Å². The summed E-state index contributed by atoms with van der Waals surface area (Å²) in [5.41, 5.74) is 6.54. The van der Waals surface area contributed by atoms with Crippen LogP contribution in [0.4, 0.5) is 0 Å². The molecule has 2 unspecified atom stereocenters. The lowest BCUT2D eigenvalue weighted by Gasteiger charge is -2.26. The topological polar surface area (TPSA) is 26.0 Å². The van der Waals surface area contributed by atoms with Crippen LogP contribution in [0.3, 0.4) is 0 Å². The summed E-state index contributed by atoms with van der Waals surface area (Å²) in [5.74, 6) is 0.912. The van der Waals surface area contributed by atoms with E-state index >= 15 is 0 Å². The third-order valence-electron chi connectivity index (χ3n) is 3.82. The molecule has 1 aromatic heterocycles. The molecule has 1 saturated carbocycles. The van der Waals surface area contributed by atoms with Crippen molar-refractivity contribution in [2.24, 2.45) is 11.7 Å². The zero-order chi connectivity index (χ0) is 10.7. The number of hydrogen-bond donors (Lipinski definition) is 1. The summed E-state index contributed by atoms with van der Waals surface area (Å²) in [7, 11) is 0. The van der Waals surface area contributed by atoms with Crippen LogP contribution in [0.25, 0.3) is 0 Å². The van der Waals surface area contributed by atoms with Gasteiger partial charge in [0.25, 0.3) is 0 Å². The van der Waals surface area contributed by atoms with Gasteiger partial charge in [0.15, 0.2) is 0 Å². The Morgan fingerprint density at radius 2 is 2.33 bits per heavy atom. The molecule has 2 heteroatoms. The number of rotatable bonds is 2. The highest BCUT2D eigenvalue weighted by Gasteiger charge is 2.31. The van der Waals surface area contributed by atoms with Gasteiger partial charge < -0.3 is 5.73 Å². The van der Waals surface area contributed by atoms with Gasteiger partial charge in [-0.3, -0.25) is 0 Å². The van der Waals surface area contributed by atoms with Crippen LogP contribution < -0.4 is 5.73 Å². The van der Waals surface area contributed by atoms with Gasteiger partial charge >= 0.3 is 0 Å². The first-order valence-electron chi connectivity index (χ1n) is 6.07. The number of nitrogens with two attached hydrogens (primary N) is 1. The first kappa shape index (κ1) is 11.2. The number of hydrogen-bond acceptors (Lipinski definition) is 2. The van der Waals surface area contributed by atoms with Crippen molar-refractivity contribution in [1.29, 1.82) is 0 Å². The van der Waals surface area contributed by atoms with Gasteiger partial charge in [-0.15, -0.1) is 11.3 Å². The van der Waals surface area contributed by atoms with Crippen LogP contribution in [0.1, 0.15) is 50.3 Å². The fraction of sp³-hybridized carbons (Fsp3) is 0.692. The minimum absolute atomic E-state index is 0.0158. The minimum atomic E-state index is -0.0158. The lowest BCUT2D eigenvalue weighted by atomic mass is 9.89. The molecule has 2 atom stereocenters. The maximum absolute atomic E-state index is 6.55. The summed E-state index contributed by atoms with van der Waals surface area (Å²) in [6.07, 6.45) is 7.65. The second-order valence-electron chi connectivity index (χ2n) is 4.84. The van der Waals surface area contributed by atoms with Crippen LogP contribution in [0.5, 0.6) is 0 Å². The number of thiophene rings is 1. The molecule has 0 saturated heterocycles. The monoisotopic (exact) mass is 223 g/mol. The molecule has 1 aliphatic rings. The smallest absolute Gasteiger partial charge is 0.0503 e. The van der Waals surface area contributed by atoms with Crippen molar-refractivity contribution >= 4 is 11.3 Å². The van der Waals surface area contributed by atoms with Crippen molar-refractivity contribution in [3.8, 4) is 0 Å². The molecule has 0 aromatic carbocycles. The molecular formula is C13H21NS. The van der Waals surface area contributed by atoms with Gasteiger partial charge in [-0.1, -0.05) is 32.3 Å². The Labute approximate surface area is 96.7 Å². The van der Waals surface area contributed by atoms with Crippen LogP contribution in [0.15, 0.2) is 17.5 Å². The van der Waals surface area contributed by atoms with Gasteiger partial charge in [-0.05, 0) is 36.6 Å². The van der Waals surface area contributed by atoms with Crippen molar-refractivity contribution in [3.63, 3.8) is 0 Å². The molecule has 0 aliphatic heterocycles. The van der Waals surface area contributed by atoms with Gasteiger partial charge in [0.05, 0.1) is 5.54 Å². The predicted molar refractivity (Wildman–Crippen MR) is 67.1 cm³/mol. The van der Waals surface area contributed by atoms with Crippen molar-refractivity contribution < 1.29 is 0 Å². The van der Waals surface area contributed by atoms with Gasteiger partial charge in [0.1, 0.15) is 0 Å². The molecular weight excluding hydrogens is 202 g/mol. The lowest BCUT2D eigenvalue weighted by molar-refractivity contribution is 0.378. The van der Waals surface area contributed by atoms with Crippen molar-refractivity contribution in [2.45, 2.75) is 51.0 Å². The Balaban J connectivity index is 2.09. The van der Waals surface area contributed by atoms with E-state index in [4.69, 9.17) is 5.73 Å². The van der Waals surface area contributed by atoms with Gasteiger partial charge in [-0.25, -0.2) is 0 Å². The molecule has 0 spiro atoms. The molecule has 15 heavy (non-hydrogen) atoms. The molecule has 1 nitrogen and oxygen atoms in total. The average Bonchev–Trinajstić information content (AvgIpc) is 2.71. The quantitative estimate of drug-likeness (QED) is 0.756. The zero-order valence-corrected chi connectivity index (χ0v) is 10.4. The van der Waals surface area contributed by atoms with Crippen LogP contribution in [0.2, 0.25) is 0 Å². The maximum atomic E-state index is 6.55. The second-order valence-corrected chi connectivity index (χ2v) is 5.79. The Morgan fingerprint density at radius 1 is 1.47 bits per heavy atom. The van der Waals surface area contributed by atoms with Crippen LogP contribution in [-0.2, 0) is 5.54 Å². The van der Waals surface area contributed by atoms with Gasteiger partial charge in [0.2, 0.25) is 0 Å². The Kier molecular flexibility index (Phi) is 3.47. The zero-order valence-electron chi connectivity index (χ0n) is 9.54. The Morgan fingerprint density at radius 3 is 3.00 bits per heavy atom. The van der Waals surface area contributed by atoms with E-state index in [9.17, 15) is 0 Å². The van der Waals surface area contributed by atoms with E-state index in [1.54, 1.807) is 0 Å². The van der Waals surface area contributed by atoms with E-state index < -0.39 is 0 Å². The van der Waals surface area contributed by atoms with Crippen molar-refractivity contribution in [2.75, 3.05) is 0 Å². The van der Waals surface area contributed by atoms with Crippen molar-refractivity contribution in [1.82, 2.24) is 0 Å². The lowest BCUT2D eigenvalue weighted by Crippen LogP contribution is -2.35. The van der Waals surface area contributed by atoms with Crippen LogP contribution in [0, 0.1) is 5.92 Å². The summed E-state index contributed by atoms with van der Waals surface area (Å²) < 4.78 is 0. The largest absolute Gasteiger partial charge is 0.321 e. The van der Waals surface area contributed by atoms with Gasteiger partial charge in [0, 0.05) is 4.88 Å². The SMILES string of the molecule is CCC1CCCC(N)(c2cccs2)CC1. The highest BCUT2D eigenvalue weighted by Crippen LogP contribution is 2.38. The van der Waals surface area contributed by atoms with E-state index in [0.29, 0.717) is 0 Å². The molecule has 0 bridgehead atoms. The Bertz CT molecular complexity index is 293. The molecule has 0 radical (unpaired) electrons. The van der Waals surface area contributed by atoms with E-state index in [1.807, 2.05) is 11.3 Å². The fourth-order valence-corrected chi connectivity index (χ4v) is 3.55. The standard InChI is InChI=1S/C13H21NS/c1-2-11-5-3-8-13(14,9-7-11)12-6-4-10-15-12/h4,6,10-11H,2-3,5,7-9,14H2,1H3. The highest BCUT2D eigenvalue weighted by atomic mass is 32.1. The highest BCUT2D eigenvalue weighted by molar-refractivity contribution is 7.10. The van der Waals surface area contributed by atoms with E-state index in [2.05, 4.69) is 24.4 Å². The second kappa shape index (κ2) is 4.67. The minimum Gasteiger partial charge on any atom is -0.321 e. The molecule has 84 valence electrons. The normalized spacial score (nSPS) is 32.5. The molecule has 2 N–H and O–H groups in total. The summed E-state index contributed by atoms with van der Waals surface area (Å²) in [4.78, 5) is 1.39. The average molecular weight is 223 g/mol. The summed E-state index contributed by atoms with van der Waals surface area (Å²) >= 11 is 1.82. The first-order chi connectivity index (χ1) is 7.24. The Hall–Kier alpha value is -0.340. The van der Waals surface area contributed by atoms with Gasteiger partial charge in [-0.2, -0.15) is 0 Å². The summed E-state index contributed by atoms with van der Waals surface area (Å²) in [6.45, 7) is 2.30. The molecule has 1 aliphatic carbocycles. The summed E-state index contributed by atoms with van der Waals surface area (Å²) in [5, 5.41) is 2.14.